The first-order chi connectivity index (χ1) is 48.1. The molecule has 3 saturated heterocycles. The Morgan fingerprint density at radius 1 is 0.686 bits per heavy atom. The number of anilines is 2. The van der Waals surface area contributed by atoms with Crippen LogP contribution in [-0.2, 0) is 53.7 Å². The summed E-state index contributed by atoms with van der Waals surface area (Å²) in [6, 6.07) is 10.9. The van der Waals surface area contributed by atoms with Gasteiger partial charge in [-0.05, 0) is 159 Å². The van der Waals surface area contributed by atoms with Gasteiger partial charge < -0.3 is 30.2 Å². The number of pyridine rings is 2. The number of hydrogen-bond donors (Lipinski definition) is 3. The molecule has 3 aliphatic heterocycles. The molecule has 2 aromatic carbocycles. The topological polar surface area (TPSA) is 271 Å². The zero-order chi connectivity index (χ0) is 75.8. The molecule has 21 nitrogen and oxygen atoms in total. The fraction of sp³-hybridized carbons (Fsp3) is 0.556. The lowest BCUT2D eigenvalue weighted by Crippen LogP contribution is -2.36. The molecule has 3 aliphatic rings. The first kappa shape index (κ1) is 91.5. The molecule has 0 radical (unpaired) electrons. The third kappa shape index (κ3) is 28.9. The molecule has 5 aromatic heterocycles. The van der Waals surface area contributed by atoms with Gasteiger partial charge in [-0.15, -0.1) is 53.6 Å². The molecule has 4 N–H and O–H groups in total. The van der Waals surface area contributed by atoms with Crippen molar-refractivity contribution in [2.45, 2.75) is 190 Å². The largest absolute Gasteiger partial charge is 0.481 e. The minimum Gasteiger partial charge on any atom is -0.481 e. The Morgan fingerprint density at radius 3 is 1.58 bits per heavy atom. The fourth-order valence-corrected chi connectivity index (χ4v) is 116. The first-order valence-electron chi connectivity index (χ1n) is 33.5. The Labute approximate surface area is 619 Å². The molecule has 0 spiro atoms. The van der Waals surface area contributed by atoms with Crippen LogP contribution in [0.3, 0.4) is 0 Å². The van der Waals surface area contributed by atoms with Crippen molar-refractivity contribution >= 4 is 162 Å². The first-order valence-corrected chi connectivity index (χ1v) is 57.9. The van der Waals surface area contributed by atoms with Crippen molar-refractivity contribution in [1.29, 1.82) is 0 Å². The van der Waals surface area contributed by atoms with Crippen molar-refractivity contribution < 1.29 is 63.6 Å². The highest BCUT2D eigenvalue weighted by molar-refractivity contribution is 9.18. The molecule has 102 heavy (non-hydrogen) atoms. The molecule has 0 saturated carbocycles. The zero-order valence-corrected chi connectivity index (χ0v) is 74.2. The summed E-state index contributed by atoms with van der Waals surface area (Å²) < 4.78 is 119. The van der Waals surface area contributed by atoms with E-state index in [0.29, 0.717) is 95.4 Å². The summed E-state index contributed by atoms with van der Waals surface area (Å²) in [5.74, 6) is -0.0489. The predicted molar refractivity (Wildman–Crippen MR) is 443 cm³/mol. The zero-order valence-electron chi connectivity index (χ0n) is 60.0. The normalized spacial score (nSPS) is 21.7. The summed E-state index contributed by atoms with van der Waals surface area (Å²) in [5, 5.41) is 13.1. The van der Waals surface area contributed by atoms with Gasteiger partial charge in [0.15, 0.2) is 0 Å². The third-order valence-corrected chi connectivity index (χ3v) is 83.7. The highest BCUT2D eigenvalue weighted by Gasteiger charge is 2.51. The van der Waals surface area contributed by atoms with Gasteiger partial charge in [0.1, 0.15) is 11.3 Å². The summed E-state index contributed by atoms with van der Waals surface area (Å²) in [5.41, 5.74) is 13.0. The average molecular weight is 1680 g/mol. The van der Waals surface area contributed by atoms with Gasteiger partial charge in [-0.25, -0.2) is 35.5 Å². The van der Waals surface area contributed by atoms with Gasteiger partial charge in [-0.2, -0.15) is 0 Å². The molecular weight excluding hydrogens is 1580 g/mol. The molecule has 10 rings (SSSR count). The van der Waals surface area contributed by atoms with E-state index in [1.165, 1.54) is 24.4 Å². The van der Waals surface area contributed by atoms with Crippen molar-refractivity contribution in [2.24, 2.45) is 0 Å². The minimum absolute atomic E-state index is 0.0131. The maximum Gasteiger partial charge on any atom is 0.345 e. The van der Waals surface area contributed by atoms with Crippen LogP contribution in [0.2, 0.25) is 0 Å². The van der Waals surface area contributed by atoms with E-state index in [9.17, 15) is 36.1 Å². The molecule has 568 valence electrons. The lowest BCUT2D eigenvalue weighted by atomic mass is 10.0. The van der Waals surface area contributed by atoms with Gasteiger partial charge in [-0.1, -0.05) is 47.8 Å². The number of nitrogens with one attached hydrogen (secondary N) is 1. The van der Waals surface area contributed by atoms with Crippen LogP contribution in [0, 0.1) is 13.8 Å². The predicted octanol–water partition coefficient (Wildman–Crippen LogP) is 22.1. The van der Waals surface area contributed by atoms with Crippen LogP contribution >= 0.6 is 112 Å². The number of aliphatic carboxylic acids is 1. The maximum absolute atomic E-state index is 13.5. The Balaban J connectivity index is 0.000000234. The number of nitrogens with two attached hydrogens (primary N) is 1. The Morgan fingerprint density at radius 2 is 1.17 bits per heavy atom. The monoisotopic (exact) mass is 1680 g/mol. The molecule has 8 unspecified atom stereocenters. The van der Waals surface area contributed by atoms with Crippen LogP contribution in [0.5, 0.6) is 0 Å². The van der Waals surface area contributed by atoms with Crippen LogP contribution in [0.25, 0.3) is 32.8 Å². The lowest BCUT2D eigenvalue weighted by molar-refractivity contribution is -0.136. The van der Waals surface area contributed by atoms with Gasteiger partial charge in [0.25, 0.3) is 12.9 Å². The number of benzene rings is 2. The number of nitrogen functional groups attached to an aromatic ring is 1. The molecule has 39 heteroatoms. The number of rotatable bonds is 22. The molecule has 7 aromatic rings. The minimum atomic E-state index is -3.57. The van der Waals surface area contributed by atoms with E-state index in [2.05, 4.69) is 140 Å². The number of hydrogen-bond acceptors (Lipinski definition) is 19. The van der Waals surface area contributed by atoms with Crippen molar-refractivity contribution in [1.82, 2.24) is 44.4 Å². The molecule has 0 amide bonds. The highest BCUT2D eigenvalue weighted by Crippen LogP contribution is 3.12. The molecule has 0 bridgehead atoms. The SMILES string of the molecule is CCCP1(=O)OP(=O)(CCC)OP(=O)(CCC)O1.CCN(C(C)C)C(C)C.C[C@@H]1C[C@H](Nc2c(N)cnc3ccc(C(F)F)cc23)CCO1.Cc1cnc(CC(=O)O)cn1.Cc1cnc(Cc2nc3cnc4ccc(C(F)F)cc4c3n2[C@@H]2CCO[C@H](C)C2)cn1.PPP(P)P(P(P)P)P(P)P. The summed E-state index contributed by atoms with van der Waals surface area (Å²) in [7, 11) is 8.22. The fourth-order valence-electron chi connectivity index (χ4n) is 11.3. The van der Waals surface area contributed by atoms with E-state index in [1.807, 2.05) is 13.8 Å². The number of carboxylic acids is 1. The van der Waals surface area contributed by atoms with Gasteiger partial charge in [0.05, 0.1) is 100 Å². The third-order valence-electron chi connectivity index (χ3n) is 15.7. The number of imidazole rings is 1. The quantitative estimate of drug-likeness (QED) is 0.0420. The van der Waals surface area contributed by atoms with Crippen LogP contribution < -0.4 is 11.1 Å². The molecule has 0 aliphatic carbocycles. The van der Waals surface area contributed by atoms with Crippen LogP contribution in [0.15, 0.2) is 73.6 Å². The number of alkyl halides is 4. The number of carbonyl (C=O) groups is 1. The van der Waals surface area contributed by atoms with Crippen LogP contribution in [-0.4, -0.2) is 124 Å². The van der Waals surface area contributed by atoms with Crippen LogP contribution in [0.1, 0.15) is 173 Å². The van der Waals surface area contributed by atoms with E-state index in [0.717, 1.165) is 68.6 Å². The molecular formula is C63H103F4N11O10P14. The number of carboxylic acid groups (broad SMARTS) is 1. The number of nitrogens with zero attached hydrogens (tertiary/aromatic N) is 9. The Hall–Kier alpha value is -1.14. The molecule has 8 heterocycles. The number of aromatic nitrogens is 8. The summed E-state index contributed by atoms with van der Waals surface area (Å²) in [6.07, 6.45) is 10.8. The second-order valence-corrected chi connectivity index (χ2v) is 70.9. The van der Waals surface area contributed by atoms with Crippen molar-refractivity contribution in [3.05, 3.63) is 113 Å². The highest BCUT2D eigenvalue weighted by atomic mass is 33.2. The number of halogens is 4. The number of ether oxygens (including phenoxy) is 2. The van der Waals surface area contributed by atoms with Crippen LogP contribution in [0.4, 0.5) is 28.9 Å². The second-order valence-electron chi connectivity index (χ2n) is 24.9. The standard InChI is InChI=1S/C23H23F2N5O.C16H19F2N3O.C9H21O6P3.C8H19N.C7H8N2O2.H13P11/c1-13-10-27-16(11-26-13)9-21-29-20-12-28-19-4-3-15(23(24)25)8-18(19)22(20)30(21)17-5-6-31-14(2)7-17;1-9-6-11(4-5-22-9)21-15-12-7-10(16(17)18)2-3-14(12)20-8-13(15)19;1-4-7-16(10)13-17(11,8-5-2)15-18(12,14-16)9-6-3;1-6-9(7(2)3)8(4)5;1-5-3-9-6(4-8-5)2-7(10)11;1-7-10(6)11(8(2)3)9(4)5/h3-4,8,10-12,14,17,23H,5-7,9H2,1-2H3;2-3,7-9,11,16H,4-6,19H2,1H3,(H,20,21);4-9H2,1-3H3;7-8H,6H2,1-5H3;3-4H,2H2,1H3,(H,10,11);7H,1-6H2/t14-,17-;9-,11-;;;;/m11..../s1. The number of fused-ring (bicyclic) bond motifs is 4. The Kier molecular flexibility index (Phi) is 40.0. The lowest BCUT2D eigenvalue weighted by Gasteiger charge is -2.33. The van der Waals surface area contributed by atoms with E-state index in [4.69, 9.17) is 38.2 Å². The summed E-state index contributed by atoms with van der Waals surface area (Å²) in [6.45, 7) is 27.6. The summed E-state index contributed by atoms with van der Waals surface area (Å²) in [4.78, 5) is 42.8. The van der Waals surface area contributed by atoms with E-state index in [-0.39, 0.29) is 88.3 Å². The van der Waals surface area contributed by atoms with Gasteiger partial charge in [0, 0.05) is 90.5 Å². The van der Waals surface area contributed by atoms with Crippen molar-refractivity contribution in [3.63, 3.8) is 0 Å². The average Bonchev–Trinajstić information content (AvgIpc) is 1.51. The van der Waals surface area contributed by atoms with Crippen molar-refractivity contribution in [3.8, 4) is 0 Å². The van der Waals surface area contributed by atoms with Crippen molar-refractivity contribution in [2.75, 3.05) is 49.3 Å². The molecule has 3 fully saturated rings. The summed E-state index contributed by atoms with van der Waals surface area (Å²) >= 11 is 0. The van der Waals surface area contributed by atoms with E-state index < -0.39 is 41.6 Å². The van der Waals surface area contributed by atoms with E-state index in [1.54, 1.807) is 76.9 Å². The van der Waals surface area contributed by atoms with Gasteiger partial charge in [0.2, 0.25) is 0 Å². The van der Waals surface area contributed by atoms with Gasteiger partial charge >= 0.3 is 28.8 Å². The molecule has 12 atom stereocenters. The maximum atomic E-state index is 13.5. The van der Waals surface area contributed by atoms with E-state index >= 15 is 0 Å². The Bertz CT molecular complexity index is 3810. The second kappa shape index (κ2) is 44.6. The smallest absolute Gasteiger partial charge is 0.345 e. The number of aryl methyl sites for hydroxylation is 2. The van der Waals surface area contributed by atoms with Gasteiger partial charge in [-0.3, -0.25) is 53.3 Å².